The molecule has 0 saturated heterocycles. The SMILES string of the molecule is [2H]C([2H])(CC)c1cc(OCc2ccccc2)n(CC2CCCCC2)n1. The van der Waals surface area contributed by atoms with Gasteiger partial charge in [-0.05, 0) is 30.7 Å². The van der Waals surface area contributed by atoms with E-state index in [-0.39, 0.29) is 0 Å². The van der Waals surface area contributed by atoms with Gasteiger partial charge in [-0.2, -0.15) is 5.10 Å². The number of nitrogens with zero attached hydrogens (tertiary/aromatic N) is 2. The highest BCUT2D eigenvalue weighted by Crippen LogP contribution is 2.27. The van der Waals surface area contributed by atoms with E-state index in [1.54, 1.807) is 6.07 Å². The van der Waals surface area contributed by atoms with Gasteiger partial charge < -0.3 is 4.74 Å². The molecule has 0 unspecified atom stereocenters. The predicted octanol–water partition coefficient (Wildman–Crippen LogP) is 4.99. The van der Waals surface area contributed by atoms with Gasteiger partial charge in [0.1, 0.15) is 6.61 Å². The minimum atomic E-state index is -1.41. The Morgan fingerprint density at radius 2 is 2.00 bits per heavy atom. The summed E-state index contributed by atoms with van der Waals surface area (Å²) in [5, 5.41) is 4.58. The van der Waals surface area contributed by atoms with Crippen molar-refractivity contribution in [1.82, 2.24) is 9.78 Å². The molecule has 0 N–H and O–H groups in total. The van der Waals surface area contributed by atoms with Crippen LogP contribution in [0, 0.1) is 5.92 Å². The first kappa shape index (κ1) is 13.6. The van der Waals surface area contributed by atoms with Crippen molar-refractivity contribution in [3.8, 4) is 5.88 Å². The Kier molecular flexibility index (Phi) is 4.86. The molecule has 3 nitrogen and oxygen atoms in total. The van der Waals surface area contributed by atoms with Crippen LogP contribution in [0.3, 0.4) is 0 Å². The molecular weight excluding hydrogens is 284 g/mol. The Labute approximate surface area is 142 Å². The number of hydrogen-bond acceptors (Lipinski definition) is 2. The van der Waals surface area contributed by atoms with Crippen molar-refractivity contribution < 1.29 is 7.48 Å². The highest BCUT2D eigenvalue weighted by Gasteiger charge is 2.17. The number of benzene rings is 1. The standard InChI is InChI=1S/C20H28N2O/c1-2-9-19-14-20(23-16-18-12-7-4-8-13-18)22(21-19)15-17-10-5-3-6-11-17/h4,7-8,12-14,17H,2-3,5-6,9-11,15-16H2,1H3/i9D2. The summed E-state index contributed by atoms with van der Waals surface area (Å²) in [6.45, 7) is 3.15. The van der Waals surface area contributed by atoms with E-state index in [9.17, 15) is 0 Å². The van der Waals surface area contributed by atoms with E-state index in [4.69, 9.17) is 7.48 Å². The number of aromatic nitrogens is 2. The summed E-state index contributed by atoms with van der Waals surface area (Å²) in [7, 11) is 0. The Morgan fingerprint density at radius 1 is 1.22 bits per heavy atom. The molecule has 1 heterocycles. The summed E-state index contributed by atoms with van der Waals surface area (Å²) < 4.78 is 24.3. The topological polar surface area (TPSA) is 27.1 Å². The Hall–Kier alpha value is -1.77. The van der Waals surface area contributed by atoms with E-state index in [1.165, 1.54) is 32.1 Å². The van der Waals surface area contributed by atoms with Gasteiger partial charge >= 0.3 is 0 Å². The van der Waals surface area contributed by atoms with Gasteiger partial charge in [0.25, 0.3) is 0 Å². The van der Waals surface area contributed by atoms with E-state index >= 15 is 0 Å². The van der Waals surface area contributed by atoms with Crippen molar-refractivity contribution in [3.05, 3.63) is 47.7 Å². The molecule has 0 atom stereocenters. The summed E-state index contributed by atoms with van der Waals surface area (Å²) in [5.74, 6) is 1.30. The lowest BCUT2D eigenvalue weighted by molar-refractivity contribution is 0.245. The average molecular weight is 314 g/mol. The van der Waals surface area contributed by atoms with Crippen LogP contribution >= 0.6 is 0 Å². The van der Waals surface area contributed by atoms with E-state index in [0.717, 1.165) is 12.1 Å². The minimum Gasteiger partial charge on any atom is -0.473 e. The maximum Gasteiger partial charge on any atom is 0.212 e. The number of aryl methyl sites for hydroxylation is 1. The first-order valence-corrected chi connectivity index (χ1v) is 8.83. The maximum absolute atomic E-state index is 8.18. The van der Waals surface area contributed by atoms with Crippen molar-refractivity contribution in [1.29, 1.82) is 0 Å². The quantitative estimate of drug-likeness (QED) is 0.719. The summed E-state index contributed by atoms with van der Waals surface area (Å²) in [5.41, 5.74) is 1.59. The van der Waals surface area contributed by atoms with Crippen LogP contribution in [0.4, 0.5) is 0 Å². The van der Waals surface area contributed by atoms with Gasteiger partial charge in [-0.25, -0.2) is 4.68 Å². The third-order valence-electron chi connectivity index (χ3n) is 4.49. The van der Waals surface area contributed by atoms with Crippen LogP contribution < -0.4 is 4.74 Å². The van der Waals surface area contributed by atoms with E-state index in [1.807, 2.05) is 41.9 Å². The molecule has 3 heteroatoms. The smallest absolute Gasteiger partial charge is 0.212 e. The van der Waals surface area contributed by atoms with Gasteiger partial charge in [0.15, 0.2) is 0 Å². The summed E-state index contributed by atoms with van der Waals surface area (Å²) in [6.07, 6.45) is 5.36. The van der Waals surface area contributed by atoms with Crippen LogP contribution in [0.15, 0.2) is 36.4 Å². The predicted molar refractivity (Wildman–Crippen MR) is 93.6 cm³/mol. The molecule has 0 spiro atoms. The van der Waals surface area contributed by atoms with Gasteiger partial charge in [0.05, 0.1) is 5.69 Å². The number of ether oxygens (including phenoxy) is 1. The zero-order chi connectivity index (χ0) is 17.7. The van der Waals surface area contributed by atoms with Crippen LogP contribution in [-0.4, -0.2) is 9.78 Å². The molecule has 1 fully saturated rings. The van der Waals surface area contributed by atoms with Gasteiger partial charge in [-0.3, -0.25) is 0 Å². The Morgan fingerprint density at radius 3 is 2.74 bits per heavy atom. The lowest BCUT2D eigenvalue weighted by atomic mass is 9.89. The highest BCUT2D eigenvalue weighted by molar-refractivity contribution is 5.19. The molecule has 0 aliphatic heterocycles. The summed E-state index contributed by atoms with van der Waals surface area (Å²) >= 11 is 0. The Balaban J connectivity index is 1.77. The van der Waals surface area contributed by atoms with Crippen molar-refractivity contribution >= 4 is 0 Å². The molecule has 0 radical (unpaired) electrons. The largest absolute Gasteiger partial charge is 0.473 e. The lowest BCUT2D eigenvalue weighted by Gasteiger charge is -2.22. The van der Waals surface area contributed by atoms with Gasteiger partial charge in [0, 0.05) is 15.4 Å². The highest BCUT2D eigenvalue weighted by atomic mass is 16.5. The van der Waals surface area contributed by atoms with Gasteiger partial charge in [0.2, 0.25) is 5.88 Å². The zero-order valence-electron chi connectivity index (χ0n) is 16.0. The molecule has 0 amide bonds. The maximum atomic E-state index is 8.18. The molecule has 1 aliphatic rings. The molecule has 1 aromatic carbocycles. The van der Waals surface area contributed by atoms with E-state index < -0.39 is 6.37 Å². The molecule has 2 aromatic rings. The molecule has 124 valence electrons. The zero-order valence-corrected chi connectivity index (χ0v) is 14.0. The molecule has 1 aliphatic carbocycles. The molecule has 1 saturated carbocycles. The van der Waals surface area contributed by atoms with Crippen molar-refractivity contribution in [3.63, 3.8) is 0 Å². The minimum absolute atomic E-state index is 0.408. The third kappa shape index (κ3) is 4.60. The monoisotopic (exact) mass is 314 g/mol. The van der Waals surface area contributed by atoms with Crippen LogP contribution in [0.25, 0.3) is 0 Å². The second-order valence-corrected chi connectivity index (χ2v) is 6.36. The Bertz CT molecular complexity index is 664. The van der Waals surface area contributed by atoms with Crippen LogP contribution in [0.5, 0.6) is 5.88 Å². The van der Waals surface area contributed by atoms with E-state index in [2.05, 4.69) is 5.10 Å². The van der Waals surface area contributed by atoms with Gasteiger partial charge in [-0.15, -0.1) is 0 Å². The fourth-order valence-corrected chi connectivity index (χ4v) is 3.26. The summed E-state index contributed by atoms with van der Waals surface area (Å²) in [6, 6.07) is 11.8. The number of rotatable bonds is 7. The van der Waals surface area contributed by atoms with Crippen molar-refractivity contribution in [2.24, 2.45) is 5.92 Å². The second-order valence-electron chi connectivity index (χ2n) is 6.36. The number of hydrogen-bond donors (Lipinski definition) is 0. The first-order valence-electron chi connectivity index (χ1n) is 9.83. The van der Waals surface area contributed by atoms with Crippen molar-refractivity contribution in [2.75, 3.05) is 0 Å². The fourth-order valence-electron chi connectivity index (χ4n) is 3.26. The molecule has 1 aromatic heterocycles. The van der Waals surface area contributed by atoms with Crippen molar-refractivity contribution in [2.45, 2.75) is 65.0 Å². The normalized spacial score (nSPS) is 17.6. The van der Waals surface area contributed by atoms with Crippen LogP contribution in [-0.2, 0) is 19.5 Å². The van der Waals surface area contributed by atoms with Crippen LogP contribution in [0.1, 0.15) is 59.4 Å². The second kappa shape index (κ2) is 8.19. The third-order valence-corrected chi connectivity index (χ3v) is 4.49. The molecule has 0 bridgehead atoms. The molecule has 3 rings (SSSR count). The molecule has 23 heavy (non-hydrogen) atoms. The molecular formula is C20H28N2O. The van der Waals surface area contributed by atoms with E-state index in [0.29, 0.717) is 30.5 Å². The average Bonchev–Trinajstić information content (AvgIpc) is 3.05. The van der Waals surface area contributed by atoms with Gasteiger partial charge in [-0.1, -0.05) is 62.9 Å². The lowest BCUT2D eigenvalue weighted by Crippen LogP contribution is -2.16. The summed E-state index contributed by atoms with van der Waals surface area (Å²) in [4.78, 5) is 0. The first-order chi connectivity index (χ1) is 12.1. The fraction of sp³-hybridized carbons (Fsp3) is 0.550. The van der Waals surface area contributed by atoms with Crippen LogP contribution in [0.2, 0.25) is 0 Å².